The van der Waals surface area contributed by atoms with Gasteiger partial charge >= 0.3 is 6.03 Å². The highest BCUT2D eigenvalue weighted by molar-refractivity contribution is 6.11. The number of benzene rings is 2. The molecular formula is C41H52N12O8. The van der Waals surface area contributed by atoms with Gasteiger partial charge in [0.1, 0.15) is 35.7 Å². The smallest absolute Gasteiger partial charge is 0.325 e. The Balaban J connectivity index is 1.34. The van der Waals surface area contributed by atoms with Crippen molar-refractivity contribution < 1.29 is 38.4 Å². The highest BCUT2D eigenvalue weighted by atomic mass is 16.2. The number of nitrogens with one attached hydrogen (secondary N) is 7. The zero-order valence-corrected chi connectivity index (χ0v) is 33.5. The molecule has 13 N–H and O–H groups in total. The van der Waals surface area contributed by atoms with E-state index in [4.69, 9.17) is 17.2 Å². The van der Waals surface area contributed by atoms with Crippen LogP contribution in [0.1, 0.15) is 62.5 Å². The number of aromatic amines is 1. The zero-order valence-electron chi connectivity index (χ0n) is 33.5. The molecular weight excluding hydrogens is 789 g/mol. The average Bonchev–Trinajstić information content (AvgIpc) is 3.84. The molecule has 1 aliphatic carbocycles. The molecule has 2 bridgehead atoms. The molecule has 5 atom stereocenters. The van der Waals surface area contributed by atoms with Crippen molar-refractivity contribution in [3.63, 3.8) is 0 Å². The third-order valence-electron chi connectivity index (χ3n) is 11.1. The molecule has 9 amide bonds. The third kappa shape index (κ3) is 10.8. The fraction of sp³-hybridized carbons (Fsp3) is 0.439. The molecule has 1 saturated carbocycles. The Labute approximate surface area is 350 Å². The Morgan fingerprint density at radius 3 is 2.16 bits per heavy atom. The summed E-state index contributed by atoms with van der Waals surface area (Å²) in [4.78, 5) is 117. The van der Waals surface area contributed by atoms with Gasteiger partial charge in [-0.05, 0) is 62.1 Å². The molecule has 2 saturated heterocycles. The number of urea groups is 1. The normalized spacial score (nSPS) is 24.2. The van der Waals surface area contributed by atoms with E-state index in [9.17, 15) is 38.4 Å². The maximum absolute atomic E-state index is 14.4. The van der Waals surface area contributed by atoms with Crippen molar-refractivity contribution in [2.24, 2.45) is 22.2 Å². The number of guanidine groups is 1. The van der Waals surface area contributed by atoms with Crippen molar-refractivity contribution in [1.82, 2.24) is 41.8 Å². The van der Waals surface area contributed by atoms with Crippen LogP contribution >= 0.6 is 0 Å². The lowest BCUT2D eigenvalue weighted by Crippen LogP contribution is -2.60. The van der Waals surface area contributed by atoms with Crippen LogP contribution in [0.25, 0.3) is 10.9 Å². The first-order chi connectivity index (χ1) is 29.2. The maximum atomic E-state index is 14.4. The van der Waals surface area contributed by atoms with E-state index in [1.807, 2.05) is 24.3 Å². The Bertz CT molecular complexity index is 2180. The summed E-state index contributed by atoms with van der Waals surface area (Å²) in [7, 11) is 0. The first-order valence-electron chi connectivity index (χ1n) is 20.3. The molecule has 1 spiro atoms. The number of primary amides is 1. The summed E-state index contributed by atoms with van der Waals surface area (Å²) in [6, 6.07) is 9.07. The molecule has 6 rings (SSSR count). The predicted molar refractivity (Wildman–Crippen MR) is 222 cm³/mol. The summed E-state index contributed by atoms with van der Waals surface area (Å²) in [6.07, 6.45) is 2.52. The van der Waals surface area contributed by atoms with Gasteiger partial charge in [0.15, 0.2) is 5.96 Å². The van der Waals surface area contributed by atoms with Crippen molar-refractivity contribution >= 4 is 64.2 Å². The van der Waals surface area contributed by atoms with Crippen LogP contribution in [-0.2, 0) is 46.4 Å². The minimum Gasteiger partial charge on any atom is -0.370 e. The van der Waals surface area contributed by atoms with Gasteiger partial charge in [0.25, 0.3) is 5.91 Å². The van der Waals surface area contributed by atoms with E-state index in [1.165, 1.54) is 0 Å². The van der Waals surface area contributed by atoms with Crippen LogP contribution in [0.4, 0.5) is 4.79 Å². The lowest BCUT2D eigenvalue weighted by atomic mass is 10.0. The number of fused-ring (bicyclic) bond motifs is 4. The van der Waals surface area contributed by atoms with Crippen LogP contribution < -0.4 is 49.1 Å². The average molecular weight is 841 g/mol. The van der Waals surface area contributed by atoms with Gasteiger partial charge in [-0.25, -0.2) is 9.69 Å². The Hall–Kier alpha value is -6.99. The number of hydrogen-bond donors (Lipinski definition) is 10. The highest BCUT2D eigenvalue weighted by Gasteiger charge is 2.62. The van der Waals surface area contributed by atoms with E-state index in [-0.39, 0.29) is 70.4 Å². The van der Waals surface area contributed by atoms with Crippen molar-refractivity contribution in [2.75, 3.05) is 13.1 Å². The first-order valence-corrected chi connectivity index (χ1v) is 20.3. The van der Waals surface area contributed by atoms with Crippen molar-refractivity contribution in [1.29, 1.82) is 0 Å². The number of para-hydroxylation sites is 1. The molecule has 2 aromatic carbocycles. The van der Waals surface area contributed by atoms with Gasteiger partial charge in [-0.3, -0.25) is 38.6 Å². The largest absolute Gasteiger partial charge is 0.370 e. The Kier molecular flexibility index (Phi) is 13.8. The van der Waals surface area contributed by atoms with Crippen LogP contribution in [-0.4, -0.2) is 112 Å². The molecule has 0 unspecified atom stereocenters. The van der Waals surface area contributed by atoms with E-state index < -0.39 is 83.1 Å². The van der Waals surface area contributed by atoms with Gasteiger partial charge in [0.05, 0.1) is 6.42 Å². The summed E-state index contributed by atoms with van der Waals surface area (Å²) < 4.78 is 0. The number of imide groups is 1. The van der Waals surface area contributed by atoms with Gasteiger partial charge in [0.2, 0.25) is 35.4 Å². The van der Waals surface area contributed by atoms with E-state index in [0.717, 1.165) is 15.8 Å². The molecule has 324 valence electrons. The summed E-state index contributed by atoms with van der Waals surface area (Å²) >= 11 is 0. The second kappa shape index (κ2) is 19.4. The number of H-pyrrole nitrogens is 1. The molecule has 3 heterocycles. The van der Waals surface area contributed by atoms with Gasteiger partial charge in [-0.15, -0.1) is 0 Å². The summed E-state index contributed by atoms with van der Waals surface area (Å²) in [6.45, 7) is 0.249. The molecule has 61 heavy (non-hydrogen) atoms. The van der Waals surface area contributed by atoms with Crippen LogP contribution in [0.15, 0.2) is 65.8 Å². The number of rotatable bonds is 9. The summed E-state index contributed by atoms with van der Waals surface area (Å²) in [5, 5.41) is 17.0. The van der Waals surface area contributed by atoms with E-state index in [2.05, 4.69) is 41.9 Å². The molecule has 3 aromatic rings. The van der Waals surface area contributed by atoms with Gasteiger partial charge in [-0.2, -0.15) is 0 Å². The molecule has 20 nitrogen and oxygen atoms in total. The second-order valence-electron chi connectivity index (χ2n) is 15.6. The number of aliphatic imine (C=N–C) groups is 1. The Morgan fingerprint density at radius 2 is 1.44 bits per heavy atom. The van der Waals surface area contributed by atoms with Crippen LogP contribution in [0, 0.1) is 0 Å². The number of nitrogens with two attached hydrogens (primary N) is 3. The monoisotopic (exact) mass is 840 g/mol. The lowest BCUT2D eigenvalue weighted by molar-refractivity contribution is -0.139. The minimum absolute atomic E-state index is 0.00771. The number of nitrogens with zero attached hydrogens (tertiary/aromatic N) is 2. The first kappa shape index (κ1) is 43.6. The number of amides is 9. The summed E-state index contributed by atoms with van der Waals surface area (Å²) in [5.74, 6) is -5.27. The molecule has 3 aliphatic rings. The predicted octanol–water partition coefficient (Wildman–Crippen LogP) is -1.43. The quantitative estimate of drug-likeness (QED) is 0.0519. The van der Waals surface area contributed by atoms with Crippen LogP contribution in [0.5, 0.6) is 0 Å². The van der Waals surface area contributed by atoms with Crippen molar-refractivity contribution in [3.8, 4) is 0 Å². The summed E-state index contributed by atoms with van der Waals surface area (Å²) in [5.41, 5.74) is 17.3. The van der Waals surface area contributed by atoms with E-state index >= 15 is 0 Å². The standard InChI is InChI=1S/C41H52N12O8/c42-33(55)27-13-6-7-17-45-32(54)21-31-37(59)53(40(61)52-31)41(15-16-41)38(60)51-29(19-23-9-2-1-3-10-23)35(57)49-28(14-8-18-46-39(43)44)34(56)50-30(36(58)48-27)20-24-22-47-26-12-5-4-11-25(24)26/h1-5,9-12,22,27-31,47H,6-8,13-21H2,(H2,42,55)(H,45,54)(H,48,58)(H,49,57)(H,50,56)(H,51,60)(H,52,61)(H4,43,44,46)/t27-,28-,29-,30+,31+/m1/s1. The fourth-order valence-corrected chi connectivity index (χ4v) is 7.66. The number of hydrogen-bond acceptors (Lipinski definition) is 9. The number of carbonyl (C=O) groups is 8. The zero-order chi connectivity index (χ0) is 43.7. The third-order valence-corrected chi connectivity index (χ3v) is 11.1. The second-order valence-corrected chi connectivity index (χ2v) is 15.6. The Morgan fingerprint density at radius 1 is 0.770 bits per heavy atom. The van der Waals surface area contributed by atoms with E-state index in [0.29, 0.717) is 24.0 Å². The molecule has 0 radical (unpaired) electrons. The topological polar surface area (TPSA) is 318 Å². The van der Waals surface area contributed by atoms with Crippen LogP contribution in [0.3, 0.4) is 0 Å². The highest BCUT2D eigenvalue weighted by Crippen LogP contribution is 2.44. The fourth-order valence-electron chi connectivity index (χ4n) is 7.66. The molecule has 3 fully saturated rings. The molecule has 1 aromatic heterocycles. The number of carbonyl (C=O) groups excluding carboxylic acids is 8. The van der Waals surface area contributed by atoms with Gasteiger partial charge in [-0.1, -0.05) is 48.5 Å². The lowest BCUT2D eigenvalue weighted by Gasteiger charge is -2.28. The van der Waals surface area contributed by atoms with Crippen LogP contribution in [0.2, 0.25) is 0 Å². The SMILES string of the molecule is NC(=O)[C@H]1CCCCNC(=O)C[C@@H]2NC(=O)N(C2=O)C2(CC2)C(=O)N[C@H](Cc2ccccc2)C(=O)N[C@H](CCCN=C(N)N)C(=O)N[C@@H](Cc2c[nH]c3ccccc23)C(=O)N1. The molecule has 20 heteroatoms. The van der Waals surface area contributed by atoms with Gasteiger partial charge < -0.3 is 54.1 Å². The minimum atomic E-state index is -1.60. The molecule has 2 aliphatic heterocycles. The van der Waals surface area contributed by atoms with Crippen molar-refractivity contribution in [2.45, 2.75) is 100.0 Å². The van der Waals surface area contributed by atoms with E-state index in [1.54, 1.807) is 36.5 Å². The van der Waals surface area contributed by atoms with Gasteiger partial charge in [0, 0.05) is 43.0 Å². The maximum Gasteiger partial charge on any atom is 0.325 e. The van der Waals surface area contributed by atoms with Crippen molar-refractivity contribution in [3.05, 3.63) is 71.9 Å². The number of aromatic nitrogens is 1.